The number of halogens is 3. The molecule has 2 bridgehead atoms. The van der Waals surface area contributed by atoms with Crippen LogP contribution in [-0.4, -0.2) is 0 Å². The zero-order chi connectivity index (χ0) is 12.7. The van der Waals surface area contributed by atoms with Crippen LogP contribution in [0.3, 0.4) is 0 Å². The van der Waals surface area contributed by atoms with Crippen LogP contribution in [0.4, 0.5) is 0 Å². The molecule has 3 heteroatoms. The molecule has 0 radical (unpaired) electrons. The Balaban J connectivity index is 1.67. The molecule has 0 nitrogen and oxygen atoms in total. The lowest BCUT2D eigenvalue weighted by atomic mass is 9.84. The Hall–Kier alpha value is 0.280. The molecule has 2 aliphatic carbocycles. The summed E-state index contributed by atoms with van der Waals surface area (Å²) in [6, 6.07) is 5.98. The molecule has 4 atom stereocenters. The Labute approximate surface area is 127 Å². The van der Waals surface area contributed by atoms with Crippen molar-refractivity contribution in [2.24, 2.45) is 17.8 Å². The zero-order valence-corrected chi connectivity index (χ0v) is 13.3. The van der Waals surface area contributed by atoms with Crippen molar-refractivity contribution in [3.63, 3.8) is 0 Å². The first-order chi connectivity index (χ1) is 8.63. The quantitative estimate of drug-likeness (QED) is 0.566. The maximum Gasteiger partial charge on any atom is 0.0595 e. The van der Waals surface area contributed by atoms with E-state index in [1.165, 1.54) is 37.7 Å². The standard InChI is InChI=1S/C15H17BrCl2/c16-13(11-3-4-14(17)15(18)8-11)7-12-6-9-1-2-10(12)5-9/h3-4,8-10,12-13H,1-2,5-7H2. The van der Waals surface area contributed by atoms with Gasteiger partial charge in [0.05, 0.1) is 10.0 Å². The second-order valence-electron chi connectivity index (χ2n) is 5.81. The molecule has 0 N–H and O–H groups in total. The molecule has 0 amide bonds. The van der Waals surface area contributed by atoms with Crippen LogP contribution in [0.15, 0.2) is 18.2 Å². The molecular weight excluding hydrogens is 331 g/mol. The summed E-state index contributed by atoms with van der Waals surface area (Å²) < 4.78 is 0. The highest BCUT2D eigenvalue weighted by Crippen LogP contribution is 2.52. The molecule has 2 fully saturated rings. The van der Waals surface area contributed by atoms with Crippen LogP contribution in [-0.2, 0) is 0 Å². The number of alkyl halides is 1. The van der Waals surface area contributed by atoms with Gasteiger partial charge in [-0.1, -0.05) is 51.6 Å². The van der Waals surface area contributed by atoms with Crippen LogP contribution in [0.2, 0.25) is 10.0 Å². The van der Waals surface area contributed by atoms with Gasteiger partial charge in [0.15, 0.2) is 0 Å². The normalized spacial score (nSPS) is 31.8. The van der Waals surface area contributed by atoms with Gasteiger partial charge in [-0.05, 0) is 61.1 Å². The summed E-state index contributed by atoms with van der Waals surface area (Å²) in [5, 5.41) is 1.30. The van der Waals surface area contributed by atoms with Crippen molar-refractivity contribution in [1.82, 2.24) is 0 Å². The molecule has 0 aromatic heterocycles. The number of fused-ring (bicyclic) bond motifs is 2. The minimum Gasteiger partial charge on any atom is -0.0839 e. The third-order valence-corrected chi connectivity index (χ3v) is 6.34. The smallest absolute Gasteiger partial charge is 0.0595 e. The van der Waals surface area contributed by atoms with Gasteiger partial charge in [0.25, 0.3) is 0 Å². The highest BCUT2D eigenvalue weighted by molar-refractivity contribution is 9.09. The first-order valence-electron chi connectivity index (χ1n) is 6.72. The minimum atomic E-state index is 0.414. The van der Waals surface area contributed by atoms with Crippen molar-refractivity contribution in [1.29, 1.82) is 0 Å². The number of hydrogen-bond acceptors (Lipinski definition) is 0. The van der Waals surface area contributed by atoms with Crippen LogP contribution in [0.1, 0.15) is 42.5 Å². The number of rotatable bonds is 3. The van der Waals surface area contributed by atoms with Gasteiger partial charge in [0, 0.05) is 4.83 Å². The lowest BCUT2D eigenvalue weighted by molar-refractivity contribution is 0.314. The van der Waals surface area contributed by atoms with E-state index >= 15 is 0 Å². The Morgan fingerprint density at radius 1 is 1.17 bits per heavy atom. The van der Waals surface area contributed by atoms with Crippen molar-refractivity contribution in [2.75, 3.05) is 0 Å². The minimum absolute atomic E-state index is 0.414. The summed E-state index contributed by atoms with van der Waals surface area (Å²) >= 11 is 15.9. The molecule has 0 saturated heterocycles. The van der Waals surface area contributed by atoms with Crippen molar-refractivity contribution < 1.29 is 0 Å². The molecule has 18 heavy (non-hydrogen) atoms. The van der Waals surface area contributed by atoms with Crippen LogP contribution in [0.25, 0.3) is 0 Å². The molecule has 0 aliphatic heterocycles. The predicted octanol–water partition coefficient (Wildman–Crippen LogP) is 6.26. The van der Waals surface area contributed by atoms with Crippen LogP contribution >= 0.6 is 39.1 Å². The van der Waals surface area contributed by atoms with Crippen molar-refractivity contribution in [2.45, 2.75) is 36.9 Å². The van der Waals surface area contributed by atoms with E-state index in [9.17, 15) is 0 Å². The topological polar surface area (TPSA) is 0 Å². The predicted molar refractivity (Wildman–Crippen MR) is 81.7 cm³/mol. The van der Waals surface area contributed by atoms with Gasteiger partial charge in [-0.15, -0.1) is 0 Å². The molecule has 98 valence electrons. The third-order valence-electron chi connectivity index (χ3n) is 4.70. The molecular formula is C15H17BrCl2. The highest BCUT2D eigenvalue weighted by Gasteiger charge is 2.39. The van der Waals surface area contributed by atoms with E-state index in [2.05, 4.69) is 22.0 Å². The Kier molecular flexibility index (Phi) is 3.94. The average Bonchev–Trinajstić information content (AvgIpc) is 2.94. The fourth-order valence-corrected chi connectivity index (χ4v) is 4.85. The van der Waals surface area contributed by atoms with E-state index in [-0.39, 0.29) is 0 Å². The van der Waals surface area contributed by atoms with E-state index in [0.717, 1.165) is 17.8 Å². The molecule has 1 aromatic carbocycles. The van der Waals surface area contributed by atoms with Crippen LogP contribution < -0.4 is 0 Å². The van der Waals surface area contributed by atoms with Crippen LogP contribution in [0.5, 0.6) is 0 Å². The second kappa shape index (κ2) is 5.34. The first-order valence-corrected chi connectivity index (χ1v) is 8.39. The fourth-order valence-electron chi connectivity index (χ4n) is 3.77. The van der Waals surface area contributed by atoms with E-state index in [4.69, 9.17) is 23.2 Å². The Morgan fingerprint density at radius 3 is 2.61 bits per heavy atom. The third kappa shape index (κ3) is 2.59. The van der Waals surface area contributed by atoms with Gasteiger partial charge in [-0.3, -0.25) is 0 Å². The van der Waals surface area contributed by atoms with Gasteiger partial charge < -0.3 is 0 Å². The summed E-state index contributed by atoms with van der Waals surface area (Å²) in [6.45, 7) is 0. The Bertz CT molecular complexity index is 446. The monoisotopic (exact) mass is 346 g/mol. The van der Waals surface area contributed by atoms with Gasteiger partial charge in [0.2, 0.25) is 0 Å². The summed E-state index contributed by atoms with van der Waals surface area (Å²) in [7, 11) is 0. The van der Waals surface area contributed by atoms with E-state index in [1.54, 1.807) is 0 Å². The van der Waals surface area contributed by atoms with Crippen molar-refractivity contribution in [3.05, 3.63) is 33.8 Å². The number of benzene rings is 1. The summed E-state index contributed by atoms with van der Waals surface area (Å²) in [5.41, 5.74) is 1.26. The molecule has 3 rings (SSSR count). The van der Waals surface area contributed by atoms with Crippen molar-refractivity contribution in [3.8, 4) is 0 Å². The summed E-state index contributed by atoms with van der Waals surface area (Å²) in [5.74, 6) is 2.91. The van der Waals surface area contributed by atoms with Gasteiger partial charge >= 0.3 is 0 Å². The largest absolute Gasteiger partial charge is 0.0839 e. The summed E-state index contributed by atoms with van der Waals surface area (Å²) in [6.07, 6.45) is 7.08. The van der Waals surface area contributed by atoms with Gasteiger partial charge in [-0.25, -0.2) is 0 Å². The summed E-state index contributed by atoms with van der Waals surface area (Å²) in [4.78, 5) is 0.414. The van der Waals surface area contributed by atoms with Crippen molar-refractivity contribution >= 4 is 39.1 Å². The van der Waals surface area contributed by atoms with E-state index in [0.29, 0.717) is 14.9 Å². The van der Waals surface area contributed by atoms with Gasteiger partial charge in [0.1, 0.15) is 0 Å². The lowest BCUT2D eigenvalue weighted by Gasteiger charge is -2.24. The maximum absolute atomic E-state index is 6.08. The molecule has 4 unspecified atom stereocenters. The zero-order valence-electron chi connectivity index (χ0n) is 10.2. The number of hydrogen-bond donors (Lipinski definition) is 0. The van der Waals surface area contributed by atoms with Crippen LogP contribution in [0, 0.1) is 17.8 Å². The van der Waals surface area contributed by atoms with E-state index < -0.39 is 0 Å². The second-order valence-corrected chi connectivity index (χ2v) is 7.73. The molecule has 1 aromatic rings. The SMILES string of the molecule is Clc1ccc(C(Br)CC2CC3CCC2C3)cc1Cl. The highest BCUT2D eigenvalue weighted by atomic mass is 79.9. The fraction of sp³-hybridized carbons (Fsp3) is 0.600. The average molecular weight is 348 g/mol. The lowest BCUT2D eigenvalue weighted by Crippen LogP contribution is -2.12. The van der Waals surface area contributed by atoms with Gasteiger partial charge in [-0.2, -0.15) is 0 Å². The van der Waals surface area contributed by atoms with E-state index in [1.807, 2.05) is 12.1 Å². The maximum atomic E-state index is 6.08. The molecule has 0 heterocycles. The molecule has 2 saturated carbocycles. The Morgan fingerprint density at radius 2 is 2.00 bits per heavy atom. The molecule has 2 aliphatic rings. The molecule has 0 spiro atoms. The first kappa shape index (κ1) is 13.3.